The van der Waals surface area contributed by atoms with Gasteiger partial charge in [-0.15, -0.1) is 9.24 Å². The molecule has 0 bridgehead atoms. The average molecular weight is 550 g/mol. The zero-order chi connectivity index (χ0) is 27.6. The summed E-state index contributed by atoms with van der Waals surface area (Å²) in [5, 5.41) is 8.45. The highest BCUT2D eigenvalue weighted by molar-refractivity contribution is 7.27. The Morgan fingerprint density at radius 3 is 2.51 bits per heavy atom. The molecule has 0 radical (unpaired) electrons. The summed E-state index contributed by atoms with van der Waals surface area (Å²) in [7, 11) is 3.97. The highest BCUT2D eigenvalue weighted by Gasteiger charge is 2.41. The first kappa shape index (κ1) is 26.7. The lowest BCUT2D eigenvalue weighted by Crippen LogP contribution is -2.45. The van der Waals surface area contributed by atoms with Gasteiger partial charge in [0.2, 0.25) is 0 Å². The van der Waals surface area contributed by atoms with Crippen molar-refractivity contribution in [1.29, 1.82) is 0 Å². The highest BCUT2D eigenvalue weighted by atomic mass is 31.0. The molecule has 202 valence electrons. The van der Waals surface area contributed by atoms with Crippen LogP contribution in [0.4, 0.5) is 4.39 Å². The minimum absolute atomic E-state index is 0.0569. The van der Waals surface area contributed by atoms with Crippen LogP contribution in [0.1, 0.15) is 39.8 Å². The number of ether oxygens (including phenoxy) is 2. The number of amides is 1. The Morgan fingerprint density at radius 1 is 1.13 bits per heavy atom. The third kappa shape index (κ3) is 5.77. The molecule has 5 rings (SSSR count). The molecule has 39 heavy (non-hydrogen) atoms. The number of methoxy groups -OCH3 is 1. The Hall–Kier alpha value is -3.88. The maximum atomic E-state index is 14.5. The van der Waals surface area contributed by atoms with Crippen molar-refractivity contribution in [3.63, 3.8) is 0 Å². The molecule has 1 saturated heterocycles. The SMILES string of the molecule is COc1ccnc(CNC(=O)c2cn(Cc3ccc(Cn4cc(P)ccc4=O)cc3)nc2C2(C)COC2)c1F. The summed E-state index contributed by atoms with van der Waals surface area (Å²) in [5.41, 5.74) is 2.68. The predicted molar refractivity (Wildman–Crippen MR) is 147 cm³/mol. The summed E-state index contributed by atoms with van der Waals surface area (Å²) in [4.78, 5) is 29.4. The smallest absolute Gasteiger partial charge is 0.255 e. The van der Waals surface area contributed by atoms with E-state index in [0.29, 0.717) is 37.6 Å². The van der Waals surface area contributed by atoms with Crippen molar-refractivity contribution in [3.8, 4) is 5.75 Å². The van der Waals surface area contributed by atoms with E-state index in [1.165, 1.54) is 19.4 Å². The van der Waals surface area contributed by atoms with Gasteiger partial charge < -0.3 is 19.4 Å². The van der Waals surface area contributed by atoms with Crippen molar-refractivity contribution in [1.82, 2.24) is 24.6 Å². The van der Waals surface area contributed by atoms with Crippen molar-refractivity contribution in [2.24, 2.45) is 0 Å². The van der Waals surface area contributed by atoms with Crippen LogP contribution in [-0.4, -0.2) is 45.6 Å². The van der Waals surface area contributed by atoms with Crippen LogP contribution in [0.15, 0.2) is 65.8 Å². The normalized spacial score (nSPS) is 14.1. The number of rotatable bonds is 9. The second-order valence-corrected chi connectivity index (χ2v) is 10.5. The van der Waals surface area contributed by atoms with E-state index in [-0.39, 0.29) is 34.9 Å². The molecule has 4 heterocycles. The largest absolute Gasteiger partial charge is 0.494 e. The Labute approximate surface area is 227 Å². The molecule has 1 N–H and O–H groups in total. The van der Waals surface area contributed by atoms with Crippen molar-refractivity contribution in [2.75, 3.05) is 20.3 Å². The molecule has 1 amide bonds. The highest BCUT2D eigenvalue weighted by Crippen LogP contribution is 2.33. The van der Waals surface area contributed by atoms with E-state index in [2.05, 4.69) is 19.5 Å². The van der Waals surface area contributed by atoms with Gasteiger partial charge in [-0.25, -0.2) is 4.39 Å². The standard InChI is InChI=1S/C28H29FN5O4P/c1-28(16-38-17-28)26-21(27(36)31-11-22-25(29)23(37-2)9-10-30-22)15-34(32-26)13-19-5-3-18(4-6-19)12-33-14-20(39)7-8-24(33)35/h3-10,14-15H,11-13,16-17,39H2,1-2H3,(H,31,36). The maximum absolute atomic E-state index is 14.5. The number of nitrogens with one attached hydrogen (secondary N) is 1. The molecule has 1 aliphatic rings. The van der Waals surface area contributed by atoms with Crippen LogP contribution in [0.25, 0.3) is 0 Å². The topological polar surface area (TPSA) is 100 Å². The Morgan fingerprint density at radius 2 is 1.85 bits per heavy atom. The van der Waals surface area contributed by atoms with Crippen LogP contribution in [0.5, 0.6) is 5.75 Å². The Bertz CT molecular complexity index is 1560. The van der Waals surface area contributed by atoms with Crippen LogP contribution in [0, 0.1) is 5.82 Å². The summed E-state index contributed by atoms with van der Waals surface area (Å²) in [6, 6.07) is 12.7. The van der Waals surface area contributed by atoms with Gasteiger partial charge in [0.05, 0.1) is 62.3 Å². The van der Waals surface area contributed by atoms with E-state index in [4.69, 9.17) is 14.6 Å². The number of hydrogen-bond donors (Lipinski definition) is 1. The molecule has 1 fully saturated rings. The monoisotopic (exact) mass is 549 g/mol. The zero-order valence-electron chi connectivity index (χ0n) is 21.7. The molecule has 1 unspecified atom stereocenters. The summed E-state index contributed by atoms with van der Waals surface area (Å²) in [6.07, 6.45) is 4.95. The Balaban J connectivity index is 1.32. The predicted octanol–water partition coefficient (Wildman–Crippen LogP) is 2.40. The molecular weight excluding hydrogens is 520 g/mol. The Kier molecular flexibility index (Phi) is 7.59. The fourth-order valence-corrected chi connectivity index (χ4v) is 4.75. The number of hydrogen-bond acceptors (Lipinski definition) is 6. The summed E-state index contributed by atoms with van der Waals surface area (Å²) >= 11 is 0. The molecule has 0 saturated carbocycles. The van der Waals surface area contributed by atoms with Crippen LogP contribution in [0.3, 0.4) is 0 Å². The quantitative estimate of drug-likeness (QED) is 0.322. The van der Waals surface area contributed by atoms with Gasteiger partial charge in [0.15, 0.2) is 11.6 Å². The first-order valence-corrected chi connectivity index (χ1v) is 13.0. The van der Waals surface area contributed by atoms with Crippen molar-refractivity contribution in [2.45, 2.75) is 32.0 Å². The van der Waals surface area contributed by atoms with E-state index in [1.807, 2.05) is 37.4 Å². The van der Waals surface area contributed by atoms with Gasteiger partial charge in [-0.2, -0.15) is 5.10 Å². The molecule has 0 aliphatic carbocycles. The van der Waals surface area contributed by atoms with E-state index in [0.717, 1.165) is 16.4 Å². The van der Waals surface area contributed by atoms with Crippen LogP contribution in [-0.2, 0) is 29.8 Å². The number of aromatic nitrogens is 4. The summed E-state index contributed by atoms with van der Waals surface area (Å²) in [5.74, 6) is -0.909. The summed E-state index contributed by atoms with van der Waals surface area (Å²) in [6.45, 7) is 3.75. The minimum Gasteiger partial charge on any atom is -0.494 e. The number of carbonyl (C=O) groups is 1. The molecular formula is C28H29FN5O4P. The van der Waals surface area contributed by atoms with Crippen molar-refractivity contribution in [3.05, 3.63) is 105 Å². The lowest BCUT2D eigenvalue weighted by atomic mass is 9.83. The lowest BCUT2D eigenvalue weighted by molar-refractivity contribution is -0.0525. The van der Waals surface area contributed by atoms with Gasteiger partial charge in [-0.3, -0.25) is 19.3 Å². The zero-order valence-corrected chi connectivity index (χ0v) is 22.8. The van der Waals surface area contributed by atoms with Gasteiger partial charge in [-0.1, -0.05) is 24.3 Å². The van der Waals surface area contributed by atoms with E-state index in [1.54, 1.807) is 27.6 Å². The second kappa shape index (κ2) is 11.1. The van der Waals surface area contributed by atoms with E-state index >= 15 is 0 Å². The van der Waals surface area contributed by atoms with Crippen molar-refractivity contribution < 1.29 is 18.7 Å². The van der Waals surface area contributed by atoms with Gasteiger partial charge in [0.1, 0.15) is 0 Å². The van der Waals surface area contributed by atoms with E-state index in [9.17, 15) is 14.0 Å². The lowest BCUT2D eigenvalue weighted by Gasteiger charge is -2.37. The molecule has 9 nitrogen and oxygen atoms in total. The molecule has 1 aromatic carbocycles. The van der Waals surface area contributed by atoms with Gasteiger partial charge in [0.25, 0.3) is 11.5 Å². The fourth-order valence-electron chi connectivity index (χ4n) is 4.47. The molecule has 4 aromatic rings. The fraction of sp³-hybridized carbons (Fsp3) is 0.286. The number of carbonyl (C=O) groups excluding carboxylic acids is 1. The van der Waals surface area contributed by atoms with Crippen LogP contribution < -0.4 is 20.9 Å². The number of pyridine rings is 2. The molecule has 11 heteroatoms. The number of halogens is 1. The molecule has 1 atom stereocenters. The average Bonchev–Trinajstić information content (AvgIpc) is 3.34. The minimum atomic E-state index is -0.606. The van der Waals surface area contributed by atoms with E-state index < -0.39 is 5.82 Å². The molecule has 3 aromatic heterocycles. The van der Waals surface area contributed by atoms with Crippen molar-refractivity contribution >= 4 is 20.5 Å². The van der Waals surface area contributed by atoms with Gasteiger partial charge >= 0.3 is 0 Å². The maximum Gasteiger partial charge on any atom is 0.255 e. The molecule has 1 aliphatic heterocycles. The van der Waals surface area contributed by atoms with Crippen LogP contribution in [0.2, 0.25) is 0 Å². The number of benzene rings is 1. The van der Waals surface area contributed by atoms with Gasteiger partial charge in [0, 0.05) is 30.7 Å². The second-order valence-electron chi connectivity index (χ2n) is 9.84. The third-order valence-electron chi connectivity index (χ3n) is 6.71. The first-order chi connectivity index (χ1) is 18.8. The summed E-state index contributed by atoms with van der Waals surface area (Å²) < 4.78 is 28.3. The van der Waals surface area contributed by atoms with Crippen LogP contribution >= 0.6 is 9.24 Å². The molecule has 0 spiro atoms. The third-order valence-corrected chi connectivity index (χ3v) is 7.05. The number of nitrogens with zero attached hydrogens (tertiary/aromatic N) is 4. The van der Waals surface area contributed by atoms with Gasteiger partial charge in [-0.05, 0) is 29.4 Å². The first-order valence-electron chi connectivity index (χ1n) is 12.4.